The fourth-order valence-electron chi connectivity index (χ4n) is 1.34. The van der Waals surface area contributed by atoms with Crippen LogP contribution in [0.15, 0.2) is 36.4 Å². The van der Waals surface area contributed by atoms with Gasteiger partial charge in [-0.1, -0.05) is 11.6 Å². The maximum Gasteiger partial charge on any atom is 0.0494 e. The largest absolute Gasteiger partial charge is 1.00 e. The molecule has 0 amide bonds. The second-order valence-electron chi connectivity index (χ2n) is 3.37. The third-order valence-corrected chi connectivity index (χ3v) is 3.36. The van der Waals surface area contributed by atoms with Crippen LogP contribution in [-0.4, -0.2) is 0 Å². The molecule has 16 heavy (non-hydrogen) atoms. The van der Waals surface area contributed by atoms with Crippen molar-refractivity contribution >= 4 is 28.6 Å². The number of nitrogens with one attached hydrogen (secondary N) is 1. The molecule has 1 N–H and O–H groups in total. The molecule has 0 saturated carbocycles. The molecule has 1 aromatic carbocycles. The maximum absolute atomic E-state index is 5.81. The van der Waals surface area contributed by atoms with Gasteiger partial charge in [0.15, 0.2) is 0 Å². The van der Waals surface area contributed by atoms with Crippen molar-refractivity contribution in [1.29, 1.82) is 0 Å². The predicted molar refractivity (Wildman–Crippen MR) is 67.8 cm³/mol. The molecular weight excluding hydrogens is 261 g/mol. The highest BCUT2D eigenvalue weighted by molar-refractivity contribution is 7.11. The Morgan fingerprint density at radius 3 is 2.38 bits per heavy atom. The fourth-order valence-corrected chi connectivity index (χ4v) is 2.29. The molecule has 1 nitrogen and oxygen atoms in total. The van der Waals surface area contributed by atoms with E-state index < -0.39 is 0 Å². The Hall–Kier alpha value is -0.700. The zero-order valence-corrected chi connectivity index (χ0v) is 11.2. The number of hydrogen-bond donors (Lipinski definition) is 1. The number of hydrogen-bond acceptors (Lipinski definition) is 2. The lowest BCUT2D eigenvalue weighted by Gasteiger charge is -2.04. The molecule has 0 spiro atoms. The molecule has 0 radical (unpaired) electrons. The van der Waals surface area contributed by atoms with Crippen molar-refractivity contribution in [1.82, 2.24) is 0 Å². The fraction of sp³-hybridized carbons (Fsp3) is 0.167. The monoisotopic (exact) mass is 272 g/mol. The van der Waals surface area contributed by atoms with Crippen LogP contribution < -0.4 is 17.7 Å². The highest BCUT2D eigenvalue weighted by atomic mass is 35.5. The summed E-state index contributed by atoms with van der Waals surface area (Å²) in [6.45, 7) is 3.00. The molecule has 0 bridgehead atoms. The highest BCUT2D eigenvalue weighted by Crippen LogP contribution is 2.18. The van der Waals surface area contributed by atoms with Crippen LogP contribution >= 0.6 is 22.9 Å². The van der Waals surface area contributed by atoms with E-state index in [1.54, 1.807) is 0 Å². The summed E-state index contributed by atoms with van der Waals surface area (Å²) in [7, 11) is 0. The van der Waals surface area contributed by atoms with Gasteiger partial charge < -0.3 is 17.7 Å². The Kier molecular flexibility index (Phi) is 5.13. The summed E-state index contributed by atoms with van der Waals surface area (Å²) in [5.74, 6) is 0. The number of halogens is 2. The van der Waals surface area contributed by atoms with E-state index in [0.29, 0.717) is 0 Å². The first-order valence-electron chi connectivity index (χ1n) is 4.79. The topological polar surface area (TPSA) is 12.0 Å². The summed E-state index contributed by atoms with van der Waals surface area (Å²) in [5.41, 5.74) is 1.10. The summed E-state index contributed by atoms with van der Waals surface area (Å²) < 4.78 is 0. The lowest BCUT2D eigenvalue weighted by Crippen LogP contribution is -3.00. The Morgan fingerprint density at radius 1 is 1.12 bits per heavy atom. The first kappa shape index (κ1) is 13.4. The number of benzene rings is 1. The van der Waals surface area contributed by atoms with Gasteiger partial charge in [0.2, 0.25) is 0 Å². The molecule has 2 aromatic rings. The molecule has 86 valence electrons. The molecule has 0 aliphatic rings. The molecule has 0 fully saturated rings. The van der Waals surface area contributed by atoms with Gasteiger partial charge in [0.1, 0.15) is 0 Å². The van der Waals surface area contributed by atoms with Crippen LogP contribution in [0.2, 0.25) is 5.02 Å². The van der Waals surface area contributed by atoms with Crippen LogP contribution in [0.4, 0.5) is 5.69 Å². The van der Waals surface area contributed by atoms with E-state index in [-0.39, 0.29) is 12.4 Å². The SMILES string of the molecule is Cc1ccc(CNc2ccc(Cl)cc2)s1.[Cl-]. The van der Waals surface area contributed by atoms with Crippen molar-refractivity contribution in [3.05, 3.63) is 51.2 Å². The second kappa shape index (κ2) is 6.14. The molecule has 0 unspecified atom stereocenters. The zero-order valence-electron chi connectivity index (χ0n) is 8.84. The smallest absolute Gasteiger partial charge is 0.0494 e. The van der Waals surface area contributed by atoms with Gasteiger partial charge in [-0.2, -0.15) is 0 Å². The molecule has 0 saturated heterocycles. The molecule has 0 atom stereocenters. The van der Waals surface area contributed by atoms with Crippen molar-refractivity contribution in [2.75, 3.05) is 5.32 Å². The van der Waals surface area contributed by atoms with Crippen molar-refractivity contribution < 1.29 is 12.4 Å². The Bertz CT molecular complexity index is 437. The van der Waals surface area contributed by atoms with Crippen LogP contribution in [0.25, 0.3) is 0 Å². The summed E-state index contributed by atoms with van der Waals surface area (Å²) in [6, 6.07) is 12.1. The minimum atomic E-state index is 0. The first-order valence-corrected chi connectivity index (χ1v) is 5.98. The van der Waals surface area contributed by atoms with Gasteiger partial charge in [-0.3, -0.25) is 0 Å². The van der Waals surface area contributed by atoms with Gasteiger partial charge in [-0.25, -0.2) is 0 Å². The van der Waals surface area contributed by atoms with E-state index in [4.69, 9.17) is 11.6 Å². The van der Waals surface area contributed by atoms with Gasteiger partial charge in [0, 0.05) is 27.0 Å². The quantitative estimate of drug-likeness (QED) is 0.889. The van der Waals surface area contributed by atoms with Crippen LogP contribution in [0.3, 0.4) is 0 Å². The van der Waals surface area contributed by atoms with E-state index in [0.717, 1.165) is 17.3 Å². The number of anilines is 1. The molecule has 2 rings (SSSR count). The number of thiophene rings is 1. The average molecular weight is 273 g/mol. The Balaban J connectivity index is 0.00000128. The molecule has 4 heteroatoms. The van der Waals surface area contributed by atoms with Gasteiger partial charge in [0.05, 0.1) is 0 Å². The normalized spacial score (nSPS) is 9.62. The van der Waals surface area contributed by atoms with Gasteiger partial charge >= 0.3 is 0 Å². The second-order valence-corrected chi connectivity index (χ2v) is 5.18. The third kappa shape index (κ3) is 3.71. The van der Waals surface area contributed by atoms with Crippen LogP contribution in [0, 0.1) is 6.92 Å². The molecule has 1 aromatic heterocycles. The maximum atomic E-state index is 5.81. The number of aryl methyl sites for hydroxylation is 1. The lowest BCUT2D eigenvalue weighted by molar-refractivity contribution is -0.00000288. The molecule has 1 heterocycles. The van der Waals surface area contributed by atoms with Crippen molar-refractivity contribution in [2.45, 2.75) is 13.5 Å². The van der Waals surface area contributed by atoms with E-state index in [1.165, 1.54) is 9.75 Å². The lowest BCUT2D eigenvalue weighted by atomic mass is 10.3. The molecular formula is C12H12Cl2NS-. The Morgan fingerprint density at radius 2 is 1.81 bits per heavy atom. The summed E-state index contributed by atoms with van der Waals surface area (Å²) >= 11 is 7.63. The summed E-state index contributed by atoms with van der Waals surface area (Å²) in [5, 5.41) is 4.12. The summed E-state index contributed by atoms with van der Waals surface area (Å²) in [4.78, 5) is 2.70. The van der Waals surface area contributed by atoms with E-state index >= 15 is 0 Å². The van der Waals surface area contributed by atoms with E-state index in [1.807, 2.05) is 35.6 Å². The van der Waals surface area contributed by atoms with Crippen LogP contribution in [0.1, 0.15) is 9.75 Å². The molecule has 0 aliphatic heterocycles. The van der Waals surface area contributed by atoms with Gasteiger partial charge in [-0.05, 0) is 43.3 Å². The predicted octanol–water partition coefficient (Wildman–Crippen LogP) is 1.33. The standard InChI is InChI=1S/C12H12ClNS.ClH/c1-9-2-7-12(15-9)8-14-11-5-3-10(13)4-6-11;/h2-7,14H,8H2,1H3;1H/p-1. The van der Waals surface area contributed by atoms with E-state index in [2.05, 4.69) is 24.4 Å². The minimum absolute atomic E-state index is 0. The van der Waals surface area contributed by atoms with Crippen molar-refractivity contribution in [3.8, 4) is 0 Å². The highest BCUT2D eigenvalue weighted by Gasteiger charge is 1.96. The minimum Gasteiger partial charge on any atom is -1.00 e. The van der Waals surface area contributed by atoms with Crippen LogP contribution in [0.5, 0.6) is 0 Å². The van der Waals surface area contributed by atoms with Gasteiger partial charge in [-0.15, -0.1) is 11.3 Å². The molecule has 0 aliphatic carbocycles. The average Bonchev–Trinajstić information content (AvgIpc) is 2.64. The van der Waals surface area contributed by atoms with Crippen molar-refractivity contribution in [2.24, 2.45) is 0 Å². The van der Waals surface area contributed by atoms with E-state index in [9.17, 15) is 0 Å². The third-order valence-electron chi connectivity index (χ3n) is 2.11. The Labute approximate surface area is 111 Å². The first-order chi connectivity index (χ1) is 7.24. The zero-order chi connectivity index (χ0) is 10.7. The van der Waals surface area contributed by atoms with Gasteiger partial charge in [0.25, 0.3) is 0 Å². The van der Waals surface area contributed by atoms with Crippen molar-refractivity contribution in [3.63, 3.8) is 0 Å². The summed E-state index contributed by atoms with van der Waals surface area (Å²) in [6.07, 6.45) is 0. The van der Waals surface area contributed by atoms with Crippen LogP contribution in [-0.2, 0) is 6.54 Å². The number of rotatable bonds is 3.